The first-order chi connectivity index (χ1) is 11.1. The van der Waals surface area contributed by atoms with Crippen LogP contribution in [-0.2, 0) is 11.8 Å². The molecule has 122 valence electrons. The van der Waals surface area contributed by atoms with E-state index in [2.05, 4.69) is 15.5 Å². The van der Waals surface area contributed by atoms with Crippen LogP contribution in [-0.4, -0.2) is 26.4 Å². The monoisotopic (exact) mass is 350 g/mol. The molecular weight excluding hydrogens is 332 g/mol. The Morgan fingerprint density at radius 1 is 1.30 bits per heavy atom. The summed E-state index contributed by atoms with van der Waals surface area (Å²) >= 11 is 7.24. The van der Waals surface area contributed by atoms with Gasteiger partial charge in [-0.3, -0.25) is 4.79 Å². The Kier molecular flexibility index (Phi) is 5.23. The Morgan fingerprint density at radius 2 is 2.00 bits per heavy atom. The number of halogens is 1. The summed E-state index contributed by atoms with van der Waals surface area (Å²) in [6.45, 7) is 0. The van der Waals surface area contributed by atoms with E-state index in [1.165, 1.54) is 37.4 Å². The Morgan fingerprint density at radius 3 is 2.70 bits per heavy atom. The van der Waals surface area contributed by atoms with Gasteiger partial charge in [-0.1, -0.05) is 36.2 Å². The van der Waals surface area contributed by atoms with E-state index in [9.17, 15) is 4.79 Å². The molecule has 1 aliphatic carbocycles. The highest BCUT2D eigenvalue weighted by atomic mass is 35.5. The molecule has 23 heavy (non-hydrogen) atoms. The average Bonchev–Trinajstić information content (AvgIpc) is 3.17. The first-order valence-corrected chi connectivity index (χ1v) is 9.07. The molecule has 1 aromatic heterocycles. The minimum absolute atomic E-state index is 0.0669. The third-order valence-electron chi connectivity index (χ3n) is 4.05. The molecule has 1 fully saturated rings. The van der Waals surface area contributed by atoms with Crippen molar-refractivity contribution in [1.29, 1.82) is 0 Å². The molecular formula is C16H19ClN4OS. The topological polar surface area (TPSA) is 59.8 Å². The fraction of sp³-hybridized carbons (Fsp3) is 0.438. The molecule has 7 heteroatoms. The van der Waals surface area contributed by atoms with E-state index in [1.54, 1.807) is 24.3 Å². The fourth-order valence-electron chi connectivity index (χ4n) is 2.85. The summed E-state index contributed by atoms with van der Waals surface area (Å²) in [7, 11) is 1.98. The molecule has 1 saturated carbocycles. The second kappa shape index (κ2) is 7.36. The van der Waals surface area contributed by atoms with Gasteiger partial charge in [0, 0.05) is 23.7 Å². The van der Waals surface area contributed by atoms with Gasteiger partial charge >= 0.3 is 0 Å². The van der Waals surface area contributed by atoms with Gasteiger partial charge in [0.25, 0.3) is 0 Å². The number of nitrogens with zero attached hydrogens (tertiary/aromatic N) is 3. The number of hydrogen-bond acceptors (Lipinski definition) is 4. The number of amides is 1. The minimum Gasteiger partial charge on any atom is -0.325 e. The highest BCUT2D eigenvalue weighted by molar-refractivity contribution is 7.99. The summed E-state index contributed by atoms with van der Waals surface area (Å²) in [6.07, 6.45) is 4.91. The zero-order valence-electron chi connectivity index (χ0n) is 13.0. The van der Waals surface area contributed by atoms with Crippen LogP contribution in [0, 0.1) is 0 Å². The lowest BCUT2D eigenvalue weighted by molar-refractivity contribution is -0.113. The maximum atomic E-state index is 12.0. The summed E-state index contributed by atoms with van der Waals surface area (Å²) in [5, 5.41) is 12.8. The van der Waals surface area contributed by atoms with Crippen LogP contribution in [0.1, 0.15) is 37.4 Å². The third kappa shape index (κ3) is 4.06. The number of thioether (sulfide) groups is 1. The second-order valence-electron chi connectivity index (χ2n) is 5.72. The molecule has 3 rings (SSSR count). The number of carbonyl (C=O) groups excluding carboxylic acids is 1. The van der Waals surface area contributed by atoms with Crippen LogP contribution in [0.3, 0.4) is 0 Å². The number of aromatic nitrogens is 3. The van der Waals surface area contributed by atoms with E-state index in [0.29, 0.717) is 16.7 Å². The van der Waals surface area contributed by atoms with Crippen molar-refractivity contribution >= 4 is 35.0 Å². The zero-order valence-corrected chi connectivity index (χ0v) is 14.5. The van der Waals surface area contributed by atoms with Crippen molar-refractivity contribution < 1.29 is 4.79 Å². The Bertz CT molecular complexity index is 680. The lowest BCUT2D eigenvalue weighted by Gasteiger charge is -2.09. The van der Waals surface area contributed by atoms with Crippen LogP contribution in [0.5, 0.6) is 0 Å². The van der Waals surface area contributed by atoms with Gasteiger partial charge in [0.2, 0.25) is 5.91 Å². The summed E-state index contributed by atoms with van der Waals surface area (Å²) in [6, 6.07) is 7.07. The van der Waals surface area contributed by atoms with Gasteiger partial charge in [-0.2, -0.15) is 0 Å². The molecule has 2 aromatic rings. The molecule has 0 radical (unpaired) electrons. The lowest BCUT2D eigenvalue weighted by Crippen LogP contribution is -2.14. The highest BCUT2D eigenvalue weighted by Gasteiger charge is 2.23. The molecule has 0 bridgehead atoms. The minimum atomic E-state index is -0.0669. The standard InChI is InChI=1S/C16H19ClN4OS/c1-21-15(11-4-2-3-5-11)19-20-16(21)23-10-14(22)18-13-8-6-12(17)7-9-13/h6-9,11H,2-5,10H2,1H3,(H,18,22). The van der Waals surface area contributed by atoms with Gasteiger partial charge in [-0.15, -0.1) is 10.2 Å². The van der Waals surface area contributed by atoms with E-state index in [-0.39, 0.29) is 5.91 Å². The van der Waals surface area contributed by atoms with E-state index >= 15 is 0 Å². The summed E-state index contributed by atoms with van der Waals surface area (Å²) in [5.41, 5.74) is 0.740. The highest BCUT2D eigenvalue weighted by Crippen LogP contribution is 2.33. The van der Waals surface area contributed by atoms with E-state index in [0.717, 1.165) is 16.7 Å². The van der Waals surface area contributed by atoms with Crippen LogP contribution >= 0.6 is 23.4 Å². The molecule has 1 heterocycles. The van der Waals surface area contributed by atoms with Crippen LogP contribution in [0.15, 0.2) is 29.4 Å². The maximum Gasteiger partial charge on any atom is 0.234 e. The molecule has 1 amide bonds. The predicted molar refractivity (Wildman–Crippen MR) is 93.0 cm³/mol. The molecule has 1 aromatic carbocycles. The van der Waals surface area contributed by atoms with Gasteiger partial charge in [0.15, 0.2) is 5.16 Å². The molecule has 0 saturated heterocycles. The summed E-state index contributed by atoms with van der Waals surface area (Å²) < 4.78 is 2.02. The number of benzene rings is 1. The largest absolute Gasteiger partial charge is 0.325 e. The van der Waals surface area contributed by atoms with Crippen LogP contribution in [0.4, 0.5) is 5.69 Å². The van der Waals surface area contributed by atoms with E-state index in [1.807, 2.05) is 11.6 Å². The lowest BCUT2D eigenvalue weighted by atomic mass is 10.1. The Labute approximate surface area is 144 Å². The summed E-state index contributed by atoms with van der Waals surface area (Å²) in [4.78, 5) is 12.0. The number of anilines is 1. The van der Waals surface area contributed by atoms with Crippen LogP contribution in [0.2, 0.25) is 5.02 Å². The summed E-state index contributed by atoms with van der Waals surface area (Å²) in [5.74, 6) is 1.80. The van der Waals surface area contributed by atoms with Crippen molar-refractivity contribution in [1.82, 2.24) is 14.8 Å². The first-order valence-electron chi connectivity index (χ1n) is 7.71. The third-order valence-corrected chi connectivity index (χ3v) is 5.32. The van der Waals surface area contributed by atoms with Crippen LogP contribution in [0.25, 0.3) is 0 Å². The number of nitrogens with one attached hydrogen (secondary N) is 1. The molecule has 0 spiro atoms. The van der Waals surface area contributed by atoms with Crippen molar-refractivity contribution in [2.75, 3.05) is 11.1 Å². The van der Waals surface area contributed by atoms with Gasteiger partial charge in [0.05, 0.1) is 5.75 Å². The number of carbonyl (C=O) groups is 1. The predicted octanol–water partition coefficient (Wildman–Crippen LogP) is 3.86. The zero-order chi connectivity index (χ0) is 16.2. The van der Waals surface area contributed by atoms with Crippen molar-refractivity contribution in [3.63, 3.8) is 0 Å². The molecule has 1 aliphatic rings. The van der Waals surface area contributed by atoms with Crippen LogP contribution < -0.4 is 5.32 Å². The normalized spacial score (nSPS) is 15.0. The van der Waals surface area contributed by atoms with Gasteiger partial charge in [-0.05, 0) is 37.1 Å². The molecule has 1 N–H and O–H groups in total. The SMILES string of the molecule is Cn1c(SCC(=O)Nc2ccc(Cl)cc2)nnc1C1CCCC1. The van der Waals surface area contributed by atoms with Crippen molar-refractivity contribution in [3.05, 3.63) is 35.1 Å². The second-order valence-corrected chi connectivity index (χ2v) is 7.10. The Hall–Kier alpha value is -1.53. The van der Waals surface area contributed by atoms with Gasteiger partial charge in [0.1, 0.15) is 5.82 Å². The van der Waals surface area contributed by atoms with Crippen molar-refractivity contribution in [3.8, 4) is 0 Å². The average molecular weight is 351 g/mol. The fourth-order valence-corrected chi connectivity index (χ4v) is 3.70. The van der Waals surface area contributed by atoms with Crippen molar-refractivity contribution in [2.45, 2.75) is 36.8 Å². The molecule has 0 atom stereocenters. The number of rotatable bonds is 5. The Balaban J connectivity index is 1.55. The van der Waals surface area contributed by atoms with Crippen molar-refractivity contribution in [2.24, 2.45) is 7.05 Å². The number of hydrogen-bond donors (Lipinski definition) is 1. The maximum absolute atomic E-state index is 12.0. The molecule has 0 unspecified atom stereocenters. The molecule has 0 aliphatic heterocycles. The quantitative estimate of drug-likeness (QED) is 0.832. The molecule has 5 nitrogen and oxygen atoms in total. The first kappa shape index (κ1) is 16.3. The van der Waals surface area contributed by atoms with E-state index < -0.39 is 0 Å². The van der Waals surface area contributed by atoms with Gasteiger partial charge in [-0.25, -0.2) is 0 Å². The van der Waals surface area contributed by atoms with Gasteiger partial charge < -0.3 is 9.88 Å². The van der Waals surface area contributed by atoms with E-state index in [4.69, 9.17) is 11.6 Å². The smallest absolute Gasteiger partial charge is 0.234 e.